The van der Waals surface area contributed by atoms with E-state index in [9.17, 15) is 14.9 Å². The lowest BCUT2D eigenvalue weighted by Crippen LogP contribution is -2.34. The quantitative estimate of drug-likeness (QED) is 0.640. The molecular formula is C13H16ClN3O4. The van der Waals surface area contributed by atoms with Gasteiger partial charge in [-0.15, -0.1) is 0 Å². The summed E-state index contributed by atoms with van der Waals surface area (Å²) in [4.78, 5) is 21.8. The van der Waals surface area contributed by atoms with Gasteiger partial charge in [-0.1, -0.05) is 11.6 Å². The Labute approximate surface area is 126 Å². The molecule has 1 aromatic rings. The van der Waals surface area contributed by atoms with Gasteiger partial charge in [0.2, 0.25) is 5.91 Å². The second-order valence-corrected chi connectivity index (χ2v) is 5.14. The minimum atomic E-state index is -0.575. The molecule has 1 amide bonds. The number of benzene rings is 1. The van der Waals surface area contributed by atoms with Crippen molar-refractivity contribution < 1.29 is 14.5 Å². The average Bonchev–Trinajstić information content (AvgIpc) is 2.46. The lowest BCUT2D eigenvalue weighted by atomic mass is 10.1. The predicted molar refractivity (Wildman–Crippen MR) is 78.6 cm³/mol. The first kappa shape index (κ1) is 15.7. The maximum absolute atomic E-state index is 11.8. The fourth-order valence-corrected chi connectivity index (χ4v) is 2.33. The molecule has 0 aromatic heterocycles. The maximum Gasteiger partial charge on any atom is 0.288 e. The summed E-state index contributed by atoms with van der Waals surface area (Å²) in [5.41, 5.74) is 0.213. The number of nitrogens with one attached hydrogen (secondary N) is 2. The van der Waals surface area contributed by atoms with Crippen molar-refractivity contribution in [2.75, 3.05) is 25.0 Å². The third kappa shape index (κ3) is 4.66. The molecular weight excluding hydrogens is 298 g/mol. The topological polar surface area (TPSA) is 93.5 Å². The molecule has 0 bridgehead atoms. The van der Waals surface area contributed by atoms with E-state index in [0.717, 1.165) is 25.9 Å². The smallest absolute Gasteiger partial charge is 0.288 e. The van der Waals surface area contributed by atoms with Crippen LogP contribution in [-0.4, -0.2) is 36.6 Å². The van der Waals surface area contributed by atoms with Gasteiger partial charge in [-0.2, -0.15) is 0 Å². The number of hydrogen-bond donors (Lipinski definition) is 2. The molecule has 0 spiro atoms. The van der Waals surface area contributed by atoms with Gasteiger partial charge in [0.25, 0.3) is 5.69 Å². The van der Waals surface area contributed by atoms with Crippen LogP contribution < -0.4 is 10.6 Å². The van der Waals surface area contributed by atoms with Gasteiger partial charge >= 0.3 is 0 Å². The standard InChI is InChI=1S/C13H16ClN3O4/c14-11-7-9(1-2-12(11)17(19)20)16-13(18)8-21-10-3-5-15-6-4-10/h1-2,7,10,15H,3-6,8H2,(H,16,18). The van der Waals surface area contributed by atoms with Crippen LogP contribution in [0.4, 0.5) is 11.4 Å². The molecule has 21 heavy (non-hydrogen) atoms. The van der Waals surface area contributed by atoms with E-state index in [1.54, 1.807) is 0 Å². The Morgan fingerprint density at radius 1 is 1.48 bits per heavy atom. The van der Waals surface area contributed by atoms with E-state index in [4.69, 9.17) is 16.3 Å². The van der Waals surface area contributed by atoms with Gasteiger partial charge in [0.15, 0.2) is 0 Å². The largest absolute Gasteiger partial charge is 0.368 e. The monoisotopic (exact) mass is 313 g/mol. The summed E-state index contributed by atoms with van der Waals surface area (Å²) in [6.45, 7) is 1.74. The summed E-state index contributed by atoms with van der Waals surface area (Å²) < 4.78 is 5.52. The minimum absolute atomic E-state index is 0.0166. The Balaban J connectivity index is 1.84. The third-order valence-corrected chi connectivity index (χ3v) is 3.47. The minimum Gasteiger partial charge on any atom is -0.368 e. The summed E-state index contributed by atoms with van der Waals surface area (Å²) in [6, 6.07) is 4.04. The van der Waals surface area contributed by atoms with Crippen molar-refractivity contribution in [3.05, 3.63) is 33.3 Å². The van der Waals surface area contributed by atoms with Crippen LogP contribution in [-0.2, 0) is 9.53 Å². The number of rotatable bonds is 5. The summed E-state index contributed by atoms with van der Waals surface area (Å²) in [6.07, 6.45) is 1.87. The van der Waals surface area contributed by atoms with Crippen LogP contribution in [0, 0.1) is 10.1 Å². The Morgan fingerprint density at radius 3 is 2.81 bits per heavy atom. The van der Waals surface area contributed by atoms with Gasteiger partial charge in [-0.05, 0) is 38.1 Å². The molecule has 7 nitrogen and oxygen atoms in total. The Morgan fingerprint density at radius 2 is 2.19 bits per heavy atom. The zero-order valence-electron chi connectivity index (χ0n) is 11.3. The van der Waals surface area contributed by atoms with E-state index < -0.39 is 4.92 Å². The van der Waals surface area contributed by atoms with E-state index in [1.165, 1.54) is 18.2 Å². The molecule has 1 aliphatic heterocycles. The molecule has 1 aliphatic rings. The van der Waals surface area contributed by atoms with Crippen LogP contribution in [0.2, 0.25) is 5.02 Å². The van der Waals surface area contributed by atoms with Crippen molar-refractivity contribution in [3.63, 3.8) is 0 Å². The molecule has 0 atom stereocenters. The highest BCUT2D eigenvalue weighted by molar-refractivity contribution is 6.33. The second kappa shape index (κ2) is 7.35. The van der Waals surface area contributed by atoms with Crippen molar-refractivity contribution in [2.24, 2.45) is 0 Å². The number of nitro groups is 1. The first-order valence-corrected chi connectivity index (χ1v) is 7.00. The SMILES string of the molecule is O=C(COC1CCNCC1)Nc1ccc([N+](=O)[O-])c(Cl)c1. The summed E-state index contributed by atoms with van der Waals surface area (Å²) >= 11 is 5.78. The number of anilines is 1. The van der Waals surface area contributed by atoms with Crippen LogP contribution in [0.1, 0.15) is 12.8 Å². The van der Waals surface area contributed by atoms with E-state index >= 15 is 0 Å². The van der Waals surface area contributed by atoms with Crippen LogP contribution in [0.3, 0.4) is 0 Å². The molecule has 0 saturated carbocycles. The van der Waals surface area contributed by atoms with E-state index in [0.29, 0.717) is 5.69 Å². The number of nitro benzene ring substituents is 1. The molecule has 1 aromatic carbocycles. The number of amides is 1. The summed E-state index contributed by atoms with van der Waals surface area (Å²) in [5, 5.41) is 16.4. The first-order chi connectivity index (χ1) is 10.1. The van der Waals surface area contributed by atoms with Crippen molar-refractivity contribution in [1.29, 1.82) is 0 Å². The first-order valence-electron chi connectivity index (χ1n) is 6.62. The molecule has 0 unspecified atom stereocenters. The van der Waals surface area contributed by atoms with Gasteiger partial charge in [0.05, 0.1) is 11.0 Å². The van der Waals surface area contributed by atoms with Gasteiger partial charge in [-0.3, -0.25) is 14.9 Å². The van der Waals surface area contributed by atoms with Gasteiger partial charge in [0.1, 0.15) is 11.6 Å². The Kier molecular flexibility index (Phi) is 5.49. The average molecular weight is 314 g/mol. The van der Waals surface area contributed by atoms with Crippen molar-refractivity contribution in [1.82, 2.24) is 5.32 Å². The molecule has 1 fully saturated rings. The van der Waals surface area contributed by atoms with Gasteiger partial charge in [-0.25, -0.2) is 0 Å². The van der Waals surface area contributed by atoms with Crippen LogP contribution in [0.15, 0.2) is 18.2 Å². The van der Waals surface area contributed by atoms with Crippen LogP contribution in [0.5, 0.6) is 0 Å². The zero-order valence-corrected chi connectivity index (χ0v) is 12.1. The third-order valence-electron chi connectivity index (χ3n) is 3.16. The second-order valence-electron chi connectivity index (χ2n) is 4.73. The van der Waals surface area contributed by atoms with Crippen molar-refractivity contribution in [3.8, 4) is 0 Å². The zero-order chi connectivity index (χ0) is 15.2. The molecule has 2 rings (SSSR count). The molecule has 1 saturated heterocycles. The molecule has 0 radical (unpaired) electrons. The number of carbonyl (C=O) groups is 1. The lowest BCUT2D eigenvalue weighted by molar-refractivity contribution is -0.384. The maximum atomic E-state index is 11.8. The molecule has 2 N–H and O–H groups in total. The van der Waals surface area contributed by atoms with Crippen molar-refractivity contribution in [2.45, 2.75) is 18.9 Å². The van der Waals surface area contributed by atoms with Crippen LogP contribution in [0.25, 0.3) is 0 Å². The highest BCUT2D eigenvalue weighted by Gasteiger charge is 2.16. The molecule has 1 heterocycles. The fourth-order valence-electron chi connectivity index (χ4n) is 2.09. The molecule has 8 heteroatoms. The van der Waals surface area contributed by atoms with Gasteiger partial charge in [0, 0.05) is 11.8 Å². The van der Waals surface area contributed by atoms with Crippen molar-refractivity contribution >= 4 is 28.9 Å². The predicted octanol–water partition coefficient (Wildman–Crippen LogP) is 1.96. The van der Waals surface area contributed by atoms with E-state index in [1.807, 2.05) is 0 Å². The Hall–Kier alpha value is -1.70. The number of halogens is 1. The number of piperidine rings is 1. The van der Waals surface area contributed by atoms with E-state index in [2.05, 4.69) is 10.6 Å². The highest BCUT2D eigenvalue weighted by Crippen LogP contribution is 2.27. The molecule has 0 aliphatic carbocycles. The van der Waals surface area contributed by atoms with Crippen LogP contribution >= 0.6 is 11.6 Å². The summed E-state index contributed by atoms with van der Waals surface area (Å²) in [7, 11) is 0. The lowest BCUT2D eigenvalue weighted by Gasteiger charge is -2.22. The van der Waals surface area contributed by atoms with Gasteiger partial charge < -0.3 is 15.4 Å². The fraction of sp³-hybridized carbons (Fsp3) is 0.462. The Bertz CT molecular complexity index is 532. The number of nitrogens with zero attached hydrogens (tertiary/aromatic N) is 1. The highest BCUT2D eigenvalue weighted by atomic mass is 35.5. The summed E-state index contributed by atoms with van der Waals surface area (Å²) in [5.74, 6) is -0.307. The number of ether oxygens (including phenoxy) is 1. The normalized spacial score (nSPS) is 15.7. The van der Waals surface area contributed by atoms with E-state index in [-0.39, 0.29) is 29.3 Å². The molecule has 114 valence electrons. The number of hydrogen-bond acceptors (Lipinski definition) is 5. The number of carbonyl (C=O) groups excluding carboxylic acids is 1.